The Bertz CT molecular complexity index is 646. The number of rotatable bonds is 4. The van der Waals surface area contributed by atoms with Crippen molar-refractivity contribution in [3.05, 3.63) is 64.2 Å². The largest absolute Gasteiger partial charge is 0.384 e. The van der Waals surface area contributed by atoms with Gasteiger partial charge in [0.05, 0.1) is 0 Å². The predicted octanol–water partition coefficient (Wildman–Crippen LogP) is 4.12. The molecular formula is C19H24N2. The van der Waals surface area contributed by atoms with Crippen LogP contribution in [-0.4, -0.2) is 6.54 Å². The van der Waals surface area contributed by atoms with Gasteiger partial charge in [-0.25, -0.2) is 0 Å². The van der Waals surface area contributed by atoms with E-state index >= 15 is 0 Å². The van der Waals surface area contributed by atoms with Gasteiger partial charge in [0.2, 0.25) is 0 Å². The van der Waals surface area contributed by atoms with Crippen LogP contribution in [0, 0.1) is 13.8 Å². The second-order valence-electron chi connectivity index (χ2n) is 6.09. The van der Waals surface area contributed by atoms with Crippen molar-refractivity contribution in [2.75, 3.05) is 11.9 Å². The molecule has 3 rings (SSSR count). The molecule has 0 radical (unpaired) electrons. The van der Waals surface area contributed by atoms with Crippen LogP contribution in [0.25, 0.3) is 0 Å². The average Bonchev–Trinajstić information content (AvgIpc) is 2.93. The zero-order valence-corrected chi connectivity index (χ0v) is 13.2. The van der Waals surface area contributed by atoms with Gasteiger partial charge in [0.15, 0.2) is 0 Å². The van der Waals surface area contributed by atoms with Crippen LogP contribution in [0.15, 0.2) is 36.4 Å². The van der Waals surface area contributed by atoms with Crippen LogP contribution in [0.1, 0.15) is 40.8 Å². The number of aryl methyl sites for hydroxylation is 2. The number of anilines is 1. The number of nitrogens with one attached hydrogen (secondary N) is 2. The SMILES string of the molecule is Cc1ccc(C(C)NCc2cccc3c2NCC3)c(C)c1. The number of fused-ring (bicyclic) bond motifs is 1. The Kier molecular flexibility index (Phi) is 3.98. The van der Waals surface area contributed by atoms with Gasteiger partial charge in [-0.1, -0.05) is 42.0 Å². The predicted molar refractivity (Wildman–Crippen MR) is 89.8 cm³/mol. The van der Waals surface area contributed by atoms with Crippen LogP contribution in [0.5, 0.6) is 0 Å². The standard InChI is InChI=1S/C19H24N2/c1-13-7-8-18(14(2)11-13)15(3)21-12-17-6-4-5-16-9-10-20-19(16)17/h4-8,11,15,20-21H,9-10,12H2,1-3H3. The maximum Gasteiger partial charge on any atom is 0.0419 e. The molecule has 2 N–H and O–H groups in total. The summed E-state index contributed by atoms with van der Waals surface area (Å²) in [7, 11) is 0. The molecule has 1 atom stereocenters. The van der Waals surface area contributed by atoms with E-state index in [2.05, 4.69) is 67.8 Å². The molecule has 1 aliphatic rings. The molecule has 1 heterocycles. The van der Waals surface area contributed by atoms with Gasteiger partial charge in [-0.05, 0) is 49.4 Å². The lowest BCUT2D eigenvalue weighted by Gasteiger charge is -2.18. The van der Waals surface area contributed by atoms with Gasteiger partial charge in [-0.2, -0.15) is 0 Å². The van der Waals surface area contributed by atoms with E-state index in [-0.39, 0.29) is 0 Å². The number of benzene rings is 2. The normalized spacial score (nSPS) is 14.6. The minimum absolute atomic E-state index is 0.364. The minimum Gasteiger partial charge on any atom is -0.384 e. The van der Waals surface area contributed by atoms with E-state index in [4.69, 9.17) is 0 Å². The first-order valence-corrected chi connectivity index (χ1v) is 7.80. The summed E-state index contributed by atoms with van der Waals surface area (Å²) in [5.74, 6) is 0. The fourth-order valence-corrected chi connectivity index (χ4v) is 3.24. The van der Waals surface area contributed by atoms with E-state index in [0.717, 1.165) is 19.5 Å². The van der Waals surface area contributed by atoms with Crippen molar-refractivity contribution in [2.24, 2.45) is 0 Å². The van der Waals surface area contributed by atoms with Gasteiger partial charge in [0.25, 0.3) is 0 Å². The highest BCUT2D eigenvalue weighted by Gasteiger charge is 2.14. The molecule has 1 aliphatic heterocycles. The quantitative estimate of drug-likeness (QED) is 0.880. The molecule has 2 aromatic carbocycles. The van der Waals surface area contributed by atoms with Crippen molar-refractivity contribution < 1.29 is 0 Å². The summed E-state index contributed by atoms with van der Waals surface area (Å²) in [4.78, 5) is 0. The van der Waals surface area contributed by atoms with Crippen molar-refractivity contribution in [1.82, 2.24) is 5.32 Å². The van der Waals surface area contributed by atoms with Gasteiger partial charge in [-0.3, -0.25) is 0 Å². The second-order valence-corrected chi connectivity index (χ2v) is 6.09. The third kappa shape index (κ3) is 2.96. The highest BCUT2D eigenvalue weighted by atomic mass is 14.9. The summed E-state index contributed by atoms with van der Waals surface area (Å²) in [6.07, 6.45) is 1.15. The van der Waals surface area contributed by atoms with Crippen LogP contribution in [0.4, 0.5) is 5.69 Å². The molecule has 0 saturated carbocycles. The molecule has 0 aliphatic carbocycles. The molecule has 0 spiro atoms. The summed E-state index contributed by atoms with van der Waals surface area (Å²) >= 11 is 0. The summed E-state index contributed by atoms with van der Waals surface area (Å²) < 4.78 is 0. The van der Waals surface area contributed by atoms with Crippen LogP contribution in [0.2, 0.25) is 0 Å². The molecule has 110 valence electrons. The number of hydrogen-bond donors (Lipinski definition) is 2. The van der Waals surface area contributed by atoms with E-state index < -0.39 is 0 Å². The second kappa shape index (κ2) is 5.90. The Morgan fingerprint density at radius 1 is 1.19 bits per heavy atom. The monoisotopic (exact) mass is 280 g/mol. The van der Waals surface area contributed by atoms with Gasteiger partial charge < -0.3 is 10.6 Å². The summed E-state index contributed by atoms with van der Waals surface area (Å²) in [6.45, 7) is 8.56. The summed E-state index contributed by atoms with van der Waals surface area (Å²) in [5, 5.41) is 7.18. The van der Waals surface area contributed by atoms with Crippen molar-refractivity contribution in [3.63, 3.8) is 0 Å². The van der Waals surface area contributed by atoms with E-state index in [1.807, 2.05) is 0 Å². The Morgan fingerprint density at radius 2 is 2.05 bits per heavy atom. The highest BCUT2D eigenvalue weighted by Crippen LogP contribution is 2.27. The van der Waals surface area contributed by atoms with Crippen LogP contribution in [-0.2, 0) is 13.0 Å². The lowest BCUT2D eigenvalue weighted by atomic mass is 10.00. The van der Waals surface area contributed by atoms with Crippen molar-refractivity contribution in [3.8, 4) is 0 Å². The first kappa shape index (κ1) is 14.2. The maximum atomic E-state index is 3.67. The first-order valence-electron chi connectivity index (χ1n) is 7.80. The van der Waals surface area contributed by atoms with Crippen LogP contribution >= 0.6 is 0 Å². The third-order valence-corrected chi connectivity index (χ3v) is 4.42. The molecule has 21 heavy (non-hydrogen) atoms. The highest BCUT2D eigenvalue weighted by molar-refractivity contribution is 5.61. The molecule has 0 saturated heterocycles. The van der Waals surface area contributed by atoms with E-state index in [9.17, 15) is 0 Å². The molecule has 1 unspecified atom stereocenters. The summed E-state index contributed by atoms with van der Waals surface area (Å²) in [6, 6.07) is 13.7. The maximum absolute atomic E-state index is 3.67. The lowest BCUT2D eigenvalue weighted by Crippen LogP contribution is -2.19. The molecule has 2 aromatic rings. The van der Waals surface area contributed by atoms with E-state index in [0.29, 0.717) is 6.04 Å². The molecule has 0 amide bonds. The van der Waals surface area contributed by atoms with E-state index in [1.165, 1.54) is 33.5 Å². The fraction of sp³-hybridized carbons (Fsp3) is 0.368. The smallest absolute Gasteiger partial charge is 0.0419 e. The molecule has 2 nitrogen and oxygen atoms in total. The zero-order valence-electron chi connectivity index (χ0n) is 13.2. The molecule has 2 heteroatoms. The van der Waals surface area contributed by atoms with Gasteiger partial charge >= 0.3 is 0 Å². The number of para-hydroxylation sites is 1. The Labute approximate surface area is 127 Å². The topological polar surface area (TPSA) is 24.1 Å². The molecule has 0 aromatic heterocycles. The first-order chi connectivity index (χ1) is 10.1. The van der Waals surface area contributed by atoms with Crippen molar-refractivity contribution >= 4 is 5.69 Å². The minimum atomic E-state index is 0.364. The van der Waals surface area contributed by atoms with Gasteiger partial charge in [0, 0.05) is 24.8 Å². The van der Waals surface area contributed by atoms with Gasteiger partial charge in [-0.15, -0.1) is 0 Å². The zero-order chi connectivity index (χ0) is 14.8. The van der Waals surface area contributed by atoms with Crippen LogP contribution < -0.4 is 10.6 Å². The fourth-order valence-electron chi connectivity index (χ4n) is 3.24. The molecular weight excluding hydrogens is 256 g/mol. The Morgan fingerprint density at radius 3 is 2.86 bits per heavy atom. The average molecular weight is 280 g/mol. The summed E-state index contributed by atoms with van der Waals surface area (Å²) in [5.41, 5.74) is 8.26. The lowest BCUT2D eigenvalue weighted by molar-refractivity contribution is 0.572. The van der Waals surface area contributed by atoms with E-state index in [1.54, 1.807) is 0 Å². The van der Waals surface area contributed by atoms with Crippen molar-refractivity contribution in [1.29, 1.82) is 0 Å². The number of hydrogen-bond acceptors (Lipinski definition) is 2. The molecule has 0 bridgehead atoms. The van der Waals surface area contributed by atoms with Crippen molar-refractivity contribution in [2.45, 2.75) is 39.8 Å². The Hall–Kier alpha value is -1.80. The third-order valence-electron chi connectivity index (χ3n) is 4.42. The van der Waals surface area contributed by atoms with Crippen LogP contribution in [0.3, 0.4) is 0 Å². The Balaban J connectivity index is 1.72. The van der Waals surface area contributed by atoms with Gasteiger partial charge in [0.1, 0.15) is 0 Å². The molecule has 0 fully saturated rings.